The van der Waals surface area contributed by atoms with Gasteiger partial charge in [0.05, 0.1) is 25.4 Å². The van der Waals surface area contributed by atoms with Gasteiger partial charge in [-0.05, 0) is 83.5 Å². The first-order valence-corrected chi connectivity index (χ1v) is 36.2. The lowest BCUT2D eigenvalue weighted by Gasteiger charge is -2.22. The summed E-state index contributed by atoms with van der Waals surface area (Å²) in [6.45, 7) is 4.96. The van der Waals surface area contributed by atoms with Gasteiger partial charge in [0.1, 0.15) is 0 Å². The summed E-state index contributed by atoms with van der Waals surface area (Å²) >= 11 is 0. The van der Waals surface area contributed by atoms with E-state index in [0.29, 0.717) is 25.9 Å². The van der Waals surface area contributed by atoms with Crippen molar-refractivity contribution in [2.75, 3.05) is 13.2 Å². The molecular formula is C74H141NO5. The lowest BCUT2D eigenvalue weighted by molar-refractivity contribution is -0.143. The fraction of sp³-hybridized carbons (Fsp3) is 0.892. The minimum atomic E-state index is -0.666. The zero-order chi connectivity index (χ0) is 57.8. The molecule has 472 valence electrons. The Morgan fingerprint density at radius 1 is 0.350 bits per heavy atom. The second-order valence-corrected chi connectivity index (χ2v) is 24.9. The fourth-order valence-corrected chi connectivity index (χ4v) is 11.4. The van der Waals surface area contributed by atoms with Crippen LogP contribution < -0.4 is 5.32 Å². The number of rotatable bonds is 68. The third kappa shape index (κ3) is 65.2. The lowest BCUT2D eigenvalue weighted by Crippen LogP contribution is -2.45. The van der Waals surface area contributed by atoms with Crippen LogP contribution in [0.2, 0.25) is 0 Å². The van der Waals surface area contributed by atoms with Gasteiger partial charge in [0.15, 0.2) is 0 Å². The maximum Gasteiger partial charge on any atom is 0.305 e. The zero-order valence-electron chi connectivity index (χ0n) is 54.1. The van der Waals surface area contributed by atoms with Crippen LogP contribution in [0.4, 0.5) is 0 Å². The molecule has 0 heterocycles. The van der Waals surface area contributed by atoms with Crippen molar-refractivity contribution in [3.05, 3.63) is 36.5 Å². The molecule has 0 aliphatic rings. The van der Waals surface area contributed by atoms with Crippen LogP contribution in [0.15, 0.2) is 36.5 Å². The molecule has 0 radical (unpaired) electrons. The molecule has 3 N–H and O–H groups in total. The Morgan fingerprint density at radius 2 is 0.625 bits per heavy atom. The van der Waals surface area contributed by atoms with Gasteiger partial charge in [-0.2, -0.15) is 0 Å². The Balaban J connectivity index is 3.39. The highest BCUT2D eigenvalue weighted by atomic mass is 16.5. The quantitative estimate of drug-likeness (QED) is 0.0320. The number of hydrogen-bond donors (Lipinski definition) is 3. The highest BCUT2D eigenvalue weighted by Gasteiger charge is 2.20. The van der Waals surface area contributed by atoms with Gasteiger partial charge in [0.25, 0.3) is 0 Å². The van der Waals surface area contributed by atoms with Crippen molar-refractivity contribution in [1.29, 1.82) is 0 Å². The summed E-state index contributed by atoms with van der Waals surface area (Å²) in [5.41, 5.74) is 0. The van der Waals surface area contributed by atoms with Crippen LogP contribution >= 0.6 is 0 Å². The van der Waals surface area contributed by atoms with Crippen molar-refractivity contribution in [2.45, 2.75) is 411 Å². The highest BCUT2D eigenvalue weighted by molar-refractivity contribution is 5.76. The Labute approximate surface area is 500 Å². The molecule has 0 bridgehead atoms. The Bertz CT molecular complexity index is 1300. The number of aliphatic hydroxyl groups excluding tert-OH is 2. The summed E-state index contributed by atoms with van der Waals surface area (Å²) < 4.78 is 5.49. The van der Waals surface area contributed by atoms with Crippen LogP contribution in [0.5, 0.6) is 0 Å². The number of hydrogen-bond acceptors (Lipinski definition) is 5. The van der Waals surface area contributed by atoms with Crippen LogP contribution in [0.3, 0.4) is 0 Å². The predicted octanol–water partition coefficient (Wildman–Crippen LogP) is 23.5. The molecule has 6 heteroatoms. The number of esters is 1. The number of allylic oxidation sites excluding steroid dienone is 6. The molecule has 0 spiro atoms. The third-order valence-electron chi connectivity index (χ3n) is 16.9. The van der Waals surface area contributed by atoms with Crippen molar-refractivity contribution in [2.24, 2.45) is 0 Å². The van der Waals surface area contributed by atoms with Gasteiger partial charge in [0, 0.05) is 12.8 Å². The molecule has 2 unspecified atom stereocenters. The van der Waals surface area contributed by atoms with E-state index in [2.05, 4.69) is 55.6 Å². The fourth-order valence-electron chi connectivity index (χ4n) is 11.4. The molecule has 0 aliphatic carbocycles. The number of carbonyl (C=O) groups excluding carboxylic acids is 2. The molecule has 6 nitrogen and oxygen atoms in total. The number of ether oxygens (including phenoxy) is 1. The van der Waals surface area contributed by atoms with E-state index in [0.717, 1.165) is 51.4 Å². The van der Waals surface area contributed by atoms with E-state index in [4.69, 9.17) is 4.74 Å². The normalized spacial score (nSPS) is 12.7. The average Bonchev–Trinajstić information content (AvgIpc) is 3.46. The van der Waals surface area contributed by atoms with Gasteiger partial charge in [-0.1, -0.05) is 339 Å². The second kappa shape index (κ2) is 69.6. The van der Waals surface area contributed by atoms with Gasteiger partial charge in [0.2, 0.25) is 5.91 Å². The second-order valence-electron chi connectivity index (χ2n) is 24.9. The number of unbranched alkanes of at least 4 members (excludes halogenated alkanes) is 51. The third-order valence-corrected chi connectivity index (χ3v) is 16.9. The summed E-state index contributed by atoms with van der Waals surface area (Å²) in [7, 11) is 0. The van der Waals surface area contributed by atoms with Gasteiger partial charge in [-0.15, -0.1) is 0 Å². The van der Waals surface area contributed by atoms with E-state index in [1.165, 1.54) is 315 Å². The maximum absolute atomic E-state index is 12.5. The zero-order valence-corrected chi connectivity index (χ0v) is 54.1. The molecule has 0 saturated heterocycles. The standard InChI is InChI=1S/C74H141NO5/c1-3-5-7-9-11-13-15-17-19-20-21-29-32-35-39-42-46-50-54-58-62-66-72(77)71(70-76)75-73(78)67-63-59-55-51-47-43-40-36-33-30-27-25-23-22-24-26-28-31-34-37-41-45-49-53-57-61-65-69-80-74(79)68-64-60-56-52-48-44-38-18-16-14-12-10-8-6-4-2/h12,14,18,22-23,38,71-72,76-77H,3-11,13,15-17,19-21,24-37,39-70H2,1-2H3,(H,75,78)/b14-12-,23-22-,38-18-. The van der Waals surface area contributed by atoms with Crippen molar-refractivity contribution in [3.8, 4) is 0 Å². The minimum absolute atomic E-state index is 0.00164. The highest BCUT2D eigenvalue weighted by Crippen LogP contribution is 2.19. The summed E-state index contributed by atoms with van der Waals surface area (Å²) in [6.07, 6.45) is 89.1. The molecule has 0 fully saturated rings. The smallest absolute Gasteiger partial charge is 0.305 e. The molecule has 0 aromatic carbocycles. The predicted molar refractivity (Wildman–Crippen MR) is 352 cm³/mol. The molecule has 80 heavy (non-hydrogen) atoms. The van der Waals surface area contributed by atoms with E-state index in [1.54, 1.807) is 0 Å². The molecule has 0 aliphatic heterocycles. The topological polar surface area (TPSA) is 95.9 Å². The van der Waals surface area contributed by atoms with Crippen molar-refractivity contribution < 1.29 is 24.5 Å². The van der Waals surface area contributed by atoms with Crippen LogP contribution in [-0.4, -0.2) is 47.4 Å². The summed E-state index contributed by atoms with van der Waals surface area (Å²) in [4.78, 5) is 24.6. The first-order valence-electron chi connectivity index (χ1n) is 36.2. The monoisotopic (exact) mass is 1120 g/mol. The van der Waals surface area contributed by atoms with Crippen LogP contribution in [0.1, 0.15) is 399 Å². The van der Waals surface area contributed by atoms with E-state index in [-0.39, 0.29) is 18.5 Å². The van der Waals surface area contributed by atoms with E-state index in [1.807, 2.05) is 0 Å². The maximum atomic E-state index is 12.5. The largest absolute Gasteiger partial charge is 0.466 e. The van der Waals surface area contributed by atoms with Gasteiger partial charge in [-0.3, -0.25) is 9.59 Å². The molecule has 0 saturated carbocycles. The Morgan fingerprint density at radius 3 is 0.988 bits per heavy atom. The SMILES string of the molecule is CCCCC/C=C\C/C=C\CCCCCCCC(=O)OCCCCCCCCCCCCCC/C=C\CCCCCCCCCCCCCC(=O)NC(CO)C(O)CCCCCCCCCCCCCCCCCCCCCCC. The number of nitrogens with one attached hydrogen (secondary N) is 1. The van der Waals surface area contributed by atoms with Crippen LogP contribution in [-0.2, 0) is 14.3 Å². The first-order chi connectivity index (χ1) is 39.5. The van der Waals surface area contributed by atoms with Crippen LogP contribution in [0, 0.1) is 0 Å². The van der Waals surface area contributed by atoms with E-state index in [9.17, 15) is 19.8 Å². The molecule has 1 amide bonds. The van der Waals surface area contributed by atoms with Crippen molar-refractivity contribution in [3.63, 3.8) is 0 Å². The van der Waals surface area contributed by atoms with E-state index >= 15 is 0 Å². The van der Waals surface area contributed by atoms with Crippen molar-refractivity contribution >= 4 is 11.9 Å². The summed E-state index contributed by atoms with van der Waals surface area (Å²) in [5.74, 6) is -0.0301. The van der Waals surface area contributed by atoms with Gasteiger partial charge >= 0.3 is 5.97 Å². The minimum Gasteiger partial charge on any atom is -0.466 e. The Hall–Kier alpha value is -1.92. The lowest BCUT2D eigenvalue weighted by atomic mass is 10.0. The van der Waals surface area contributed by atoms with Gasteiger partial charge < -0.3 is 20.3 Å². The number of aliphatic hydroxyl groups is 2. The Kier molecular flexibility index (Phi) is 67.9. The molecule has 0 aromatic heterocycles. The van der Waals surface area contributed by atoms with Crippen molar-refractivity contribution in [1.82, 2.24) is 5.32 Å². The first kappa shape index (κ1) is 78.1. The number of amides is 1. The molecular weight excluding hydrogens is 983 g/mol. The number of carbonyl (C=O) groups is 2. The van der Waals surface area contributed by atoms with Crippen LogP contribution in [0.25, 0.3) is 0 Å². The average molecular weight is 1120 g/mol. The molecule has 2 atom stereocenters. The van der Waals surface area contributed by atoms with Gasteiger partial charge in [-0.25, -0.2) is 0 Å². The summed E-state index contributed by atoms with van der Waals surface area (Å²) in [6, 6.07) is -0.544. The molecule has 0 rings (SSSR count). The van der Waals surface area contributed by atoms with E-state index < -0.39 is 12.1 Å². The molecule has 0 aromatic rings. The summed E-state index contributed by atoms with van der Waals surface area (Å²) in [5, 5.41) is 23.4.